The van der Waals surface area contributed by atoms with Gasteiger partial charge in [0.25, 0.3) is 0 Å². The molecule has 0 aliphatic carbocycles. The highest BCUT2D eigenvalue weighted by molar-refractivity contribution is 5.71. The van der Waals surface area contributed by atoms with E-state index in [9.17, 15) is 10.0 Å². The largest absolute Gasteiger partial charge is 0.487 e. The molecule has 0 atom stereocenters. The van der Waals surface area contributed by atoms with E-state index in [-0.39, 0.29) is 13.2 Å². The van der Waals surface area contributed by atoms with E-state index in [1.54, 1.807) is 24.3 Å². The molecule has 2 amide bonds. The van der Waals surface area contributed by atoms with Gasteiger partial charge >= 0.3 is 6.03 Å². The lowest BCUT2D eigenvalue weighted by molar-refractivity contribution is -0.0624. The number of hydrogen-bond donors (Lipinski definition) is 3. The average Bonchev–Trinajstić information content (AvgIpc) is 3.08. The number of amides is 2. The van der Waals surface area contributed by atoms with Crippen molar-refractivity contribution in [3.05, 3.63) is 71.6 Å². The molecule has 0 saturated carbocycles. The summed E-state index contributed by atoms with van der Waals surface area (Å²) in [5.41, 5.74) is 3.62. The summed E-state index contributed by atoms with van der Waals surface area (Å²) in [6.07, 6.45) is 0. The van der Waals surface area contributed by atoms with Gasteiger partial charge in [0.05, 0.1) is 6.54 Å². The van der Waals surface area contributed by atoms with Gasteiger partial charge in [0.2, 0.25) is 5.89 Å². The Morgan fingerprint density at radius 3 is 2.56 bits per heavy atom. The van der Waals surface area contributed by atoms with Crippen LogP contribution in [0.5, 0.6) is 5.75 Å². The summed E-state index contributed by atoms with van der Waals surface area (Å²) >= 11 is 0. The van der Waals surface area contributed by atoms with Gasteiger partial charge in [-0.3, -0.25) is 10.4 Å². The quantitative estimate of drug-likeness (QED) is 0.453. The van der Waals surface area contributed by atoms with Gasteiger partial charge in [0, 0.05) is 5.56 Å². The van der Waals surface area contributed by atoms with Crippen molar-refractivity contribution in [3.63, 3.8) is 0 Å². The van der Waals surface area contributed by atoms with Gasteiger partial charge in [-0.2, -0.15) is 5.06 Å². The molecule has 0 spiro atoms. The monoisotopic (exact) mass is 369 g/mol. The molecule has 1 heterocycles. The van der Waals surface area contributed by atoms with Gasteiger partial charge in [-0.05, 0) is 36.8 Å². The normalized spacial score (nSPS) is 10.5. The first-order valence-corrected chi connectivity index (χ1v) is 8.20. The number of nitrogens with zero attached hydrogens (tertiary/aromatic N) is 2. The lowest BCUT2D eigenvalue weighted by atomic mass is 10.2. The van der Waals surface area contributed by atoms with Crippen LogP contribution in [0.15, 0.2) is 59.0 Å². The number of nitrogens with one attached hydrogen (secondary N) is 1. The second kappa shape index (κ2) is 8.35. The number of carbonyl (C=O) groups excluding carboxylic acids is 1. The first-order valence-electron chi connectivity index (χ1n) is 8.20. The van der Waals surface area contributed by atoms with Crippen molar-refractivity contribution >= 4 is 6.03 Å². The Morgan fingerprint density at radius 1 is 1.19 bits per heavy atom. The third-order valence-corrected chi connectivity index (χ3v) is 3.87. The van der Waals surface area contributed by atoms with E-state index in [1.807, 2.05) is 37.3 Å². The summed E-state index contributed by atoms with van der Waals surface area (Å²) in [4.78, 5) is 15.5. The maximum atomic E-state index is 11.1. The number of carbonyl (C=O) groups is 1. The Kier molecular flexibility index (Phi) is 5.70. The zero-order chi connectivity index (χ0) is 19.2. The second-order valence-electron chi connectivity index (χ2n) is 5.80. The van der Waals surface area contributed by atoms with Gasteiger partial charge in [-0.15, -0.1) is 0 Å². The molecule has 1 aromatic heterocycles. The van der Waals surface area contributed by atoms with Gasteiger partial charge in [0.1, 0.15) is 23.8 Å². The number of aromatic nitrogens is 1. The third-order valence-electron chi connectivity index (χ3n) is 3.87. The molecule has 0 unspecified atom stereocenters. The van der Waals surface area contributed by atoms with Gasteiger partial charge in [-0.1, -0.05) is 30.3 Å². The first kappa shape index (κ1) is 18.4. The van der Waals surface area contributed by atoms with Gasteiger partial charge < -0.3 is 9.15 Å². The summed E-state index contributed by atoms with van der Waals surface area (Å²) < 4.78 is 11.4. The van der Waals surface area contributed by atoms with E-state index in [1.165, 1.54) is 5.48 Å². The van der Waals surface area contributed by atoms with Crippen LogP contribution in [-0.4, -0.2) is 26.5 Å². The Balaban J connectivity index is 1.60. The van der Waals surface area contributed by atoms with Gasteiger partial charge in [0.15, 0.2) is 0 Å². The highest BCUT2D eigenvalue weighted by atomic mass is 16.5. The molecule has 0 radical (unpaired) electrons. The van der Waals surface area contributed by atoms with Crippen LogP contribution >= 0.6 is 0 Å². The van der Waals surface area contributed by atoms with Crippen LogP contribution in [0.3, 0.4) is 0 Å². The molecule has 8 heteroatoms. The predicted molar refractivity (Wildman–Crippen MR) is 95.1 cm³/mol. The van der Waals surface area contributed by atoms with Crippen molar-refractivity contribution in [2.24, 2.45) is 0 Å². The lowest BCUT2D eigenvalue weighted by Gasteiger charge is -2.13. The maximum Gasteiger partial charge on any atom is 0.365 e. The highest BCUT2D eigenvalue weighted by Crippen LogP contribution is 2.22. The fraction of sp³-hybridized carbons (Fsp3) is 0.158. The van der Waals surface area contributed by atoms with Crippen LogP contribution in [0, 0.1) is 6.92 Å². The number of urea groups is 1. The molecule has 8 nitrogen and oxygen atoms in total. The minimum absolute atomic E-state index is 0.0739. The Hall–Kier alpha value is -3.36. The topological polar surface area (TPSA) is 108 Å². The first-order chi connectivity index (χ1) is 13.1. The molecule has 0 saturated heterocycles. The number of ether oxygens (including phenoxy) is 1. The van der Waals surface area contributed by atoms with Crippen molar-refractivity contribution in [2.45, 2.75) is 20.1 Å². The Labute approximate surface area is 155 Å². The fourth-order valence-corrected chi connectivity index (χ4v) is 2.41. The molecule has 3 rings (SSSR count). The third kappa shape index (κ3) is 4.63. The molecular weight excluding hydrogens is 350 g/mol. The second-order valence-corrected chi connectivity index (χ2v) is 5.80. The smallest absolute Gasteiger partial charge is 0.365 e. The van der Waals surface area contributed by atoms with E-state index in [2.05, 4.69) is 4.98 Å². The summed E-state index contributed by atoms with van der Waals surface area (Å²) in [5, 5.41) is 18.3. The number of aryl methyl sites for hydroxylation is 1. The molecule has 140 valence electrons. The van der Waals surface area contributed by atoms with Crippen LogP contribution in [0.25, 0.3) is 11.5 Å². The summed E-state index contributed by atoms with van der Waals surface area (Å²) in [7, 11) is 0. The molecule has 0 aliphatic heterocycles. The molecule has 0 aliphatic rings. The molecule has 0 fully saturated rings. The minimum atomic E-state index is -1.01. The summed E-state index contributed by atoms with van der Waals surface area (Å²) in [6.45, 7) is 2.01. The van der Waals surface area contributed by atoms with Crippen molar-refractivity contribution in [2.75, 3.05) is 0 Å². The number of oxazole rings is 1. The Morgan fingerprint density at radius 2 is 1.89 bits per heavy atom. The molecule has 0 bridgehead atoms. The average molecular weight is 369 g/mol. The van der Waals surface area contributed by atoms with Crippen molar-refractivity contribution in [1.29, 1.82) is 0 Å². The number of hydrogen-bond acceptors (Lipinski definition) is 6. The minimum Gasteiger partial charge on any atom is -0.487 e. The van der Waals surface area contributed by atoms with Crippen molar-refractivity contribution in [3.8, 4) is 17.2 Å². The summed E-state index contributed by atoms with van der Waals surface area (Å²) in [6, 6.07) is 15.5. The highest BCUT2D eigenvalue weighted by Gasteiger charge is 2.12. The van der Waals surface area contributed by atoms with E-state index in [0.29, 0.717) is 33.7 Å². The zero-order valence-corrected chi connectivity index (χ0v) is 14.6. The molecule has 3 N–H and O–H groups in total. The molecule has 3 aromatic rings. The standard InChI is InChI=1S/C19H19N3O5/c1-13-17(20-18(27-13)15-5-3-2-4-6-15)12-26-16-9-7-14(8-10-16)11-22(25)19(23)21-24/h2-10,24-25H,11-12H2,1H3,(H,21,23). The predicted octanol–water partition coefficient (Wildman–Crippen LogP) is 3.52. The van der Waals surface area contributed by atoms with Crippen LogP contribution in [-0.2, 0) is 13.2 Å². The Bertz CT molecular complexity index is 893. The molecule has 27 heavy (non-hydrogen) atoms. The van der Waals surface area contributed by atoms with Crippen molar-refractivity contribution < 1.29 is 24.4 Å². The zero-order valence-electron chi connectivity index (χ0n) is 14.6. The van der Waals surface area contributed by atoms with Gasteiger partial charge in [-0.25, -0.2) is 15.3 Å². The summed E-state index contributed by atoms with van der Waals surface area (Å²) in [5.74, 6) is 1.85. The number of hydroxylamine groups is 3. The lowest BCUT2D eigenvalue weighted by Crippen LogP contribution is -2.35. The van der Waals surface area contributed by atoms with Crippen LogP contribution < -0.4 is 10.2 Å². The molecule has 2 aromatic carbocycles. The van der Waals surface area contributed by atoms with E-state index in [4.69, 9.17) is 14.4 Å². The van der Waals surface area contributed by atoms with E-state index in [0.717, 1.165) is 5.56 Å². The van der Waals surface area contributed by atoms with E-state index >= 15 is 0 Å². The molecular formula is C19H19N3O5. The van der Waals surface area contributed by atoms with E-state index < -0.39 is 6.03 Å². The van der Waals surface area contributed by atoms with Crippen molar-refractivity contribution in [1.82, 2.24) is 15.5 Å². The number of benzene rings is 2. The van der Waals surface area contributed by atoms with Crippen LogP contribution in [0.1, 0.15) is 17.0 Å². The number of rotatable bonds is 6. The van der Waals surface area contributed by atoms with Crippen LogP contribution in [0.4, 0.5) is 4.79 Å². The fourth-order valence-electron chi connectivity index (χ4n) is 2.41. The van der Waals surface area contributed by atoms with Crippen LogP contribution in [0.2, 0.25) is 0 Å². The maximum absolute atomic E-state index is 11.1. The SMILES string of the molecule is Cc1oc(-c2ccccc2)nc1COc1ccc(CN(O)C(=O)NO)cc1.